The third kappa shape index (κ3) is 8.81. The SMILES string of the molecule is CCCO[C@@H]1OC(C(=O)O)[C@@H](O[C@H]2OC(CO)[C@@H](O[C@@H]3OC(C(=O)O)[C@@H](O[C@H]4OC(CO)[C@@H](OC)[C@H](O)C4C)C(O)[C@@H]3O)[C@H](O)C2C)C(O)[C@@H]1O. The zero-order valence-electron chi connectivity index (χ0n) is 28.3. The summed E-state index contributed by atoms with van der Waals surface area (Å²) in [5, 5.41) is 105. The molecule has 4 aliphatic heterocycles. The van der Waals surface area contributed by atoms with E-state index < -0.39 is 148 Å². The molecule has 0 aromatic rings. The molecule has 0 aromatic carbocycles. The quantitative estimate of drug-likeness (QED) is 0.0796. The summed E-state index contributed by atoms with van der Waals surface area (Å²) in [7, 11) is 1.29. The van der Waals surface area contributed by atoms with Crippen molar-refractivity contribution in [3.63, 3.8) is 0 Å². The van der Waals surface area contributed by atoms with Crippen LogP contribution >= 0.6 is 0 Å². The normalized spacial score (nSPS) is 47.9. The van der Waals surface area contributed by atoms with Gasteiger partial charge in [-0.25, -0.2) is 9.59 Å². The summed E-state index contributed by atoms with van der Waals surface area (Å²) >= 11 is 0. The number of aliphatic carboxylic acids is 2. The molecule has 51 heavy (non-hydrogen) atoms. The van der Waals surface area contributed by atoms with E-state index in [1.807, 2.05) is 0 Å². The van der Waals surface area contributed by atoms with E-state index in [0.717, 1.165) is 0 Å². The smallest absolute Gasteiger partial charge is 0.335 e. The Morgan fingerprint density at radius 1 is 0.569 bits per heavy atom. The van der Waals surface area contributed by atoms with Crippen LogP contribution < -0.4 is 0 Å². The highest BCUT2D eigenvalue weighted by Crippen LogP contribution is 2.37. The number of carboxylic acids is 2. The van der Waals surface area contributed by atoms with Crippen molar-refractivity contribution in [1.29, 1.82) is 0 Å². The van der Waals surface area contributed by atoms with Crippen LogP contribution in [-0.2, 0) is 52.2 Å². The number of ether oxygens (including phenoxy) is 9. The van der Waals surface area contributed by atoms with Gasteiger partial charge in [0.1, 0.15) is 61.0 Å². The van der Waals surface area contributed by atoms with Gasteiger partial charge in [-0.2, -0.15) is 0 Å². The van der Waals surface area contributed by atoms with Crippen LogP contribution in [0.5, 0.6) is 0 Å². The molecular weight excluding hydrogens is 696 g/mol. The Balaban J connectivity index is 1.46. The average Bonchev–Trinajstić information content (AvgIpc) is 3.10. The molecule has 4 saturated heterocycles. The minimum Gasteiger partial charge on any atom is -0.479 e. The number of hydrogen-bond donors (Lipinski definition) is 10. The number of aliphatic hydroxyl groups excluding tert-OH is 8. The second-order valence-electron chi connectivity index (χ2n) is 13.0. The van der Waals surface area contributed by atoms with Gasteiger partial charge < -0.3 is 93.7 Å². The molecule has 20 atom stereocenters. The predicted octanol–water partition coefficient (Wildman–Crippen LogP) is -4.93. The predicted molar refractivity (Wildman–Crippen MR) is 160 cm³/mol. The van der Waals surface area contributed by atoms with Gasteiger partial charge in [-0.3, -0.25) is 0 Å². The van der Waals surface area contributed by atoms with Crippen LogP contribution in [0.2, 0.25) is 0 Å². The minimum absolute atomic E-state index is 0.0940. The molecule has 8 unspecified atom stereocenters. The molecule has 296 valence electrons. The van der Waals surface area contributed by atoms with Gasteiger partial charge in [-0.1, -0.05) is 20.8 Å². The lowest BCUT2D eigenvalue weighted by Crippen LogP contribution is -2.66. The molecule has 4 rings (SSSR count). The van der Waals surface area contributed by atoms with E-state index in [9.17, 15) is 60.7 Å². The summed E-state index contributed by atoms with van der Waals surface area (Å²) in [6, 6.07) is 0. The molecule has 0 saturated carbocycles. The molecular formula is C30H50O21. The number of methoxy groups -OCH3 is 1. The lowest BCUT2D eigenvalue weighted by atomic mass is 9.91. The zero-order chi connectivity index (χ0) is 37.9. The van der Waals surface area contributed by atoms with Crippen LogP contribution in [0, 0.1) is 11.8 Å². The van der Waals surface area contributed by atoms with Gasteiger partial charge in [0, 0.05) is 25.6 Å². The highest BCUT2D eigenvalue weighted by molar-refractivity contribution is 5.74. The third-order valence-electron chi connectivity index (χ3n) is 9.53. The molecule has 4 aliphatic rings. The highest BCUT2D eigenvalue weighted by Gasteiger charge is 2.56. The Morgan fingerprint density at radius 2 is 0.980 bits per heavy atom. The Bertz CT molecular complexity index is 1130. The van der Waals surface area contributed by atoms with Gasteiger partial charge in [0.25, 0.3) is 0 Å². The number of hydrogen-bond acceptors (Lipinski definition) is 19. The summed E-state index contributed by atoms with van der Waals surface area (Å²) in [6.45, 7) is 3.25. The number of rotatable bonds is 14. The molecule has 0 radical (unpaired) electrons. The van der Waals surface area contributed by atoms with Crippen molar-refractivity contribution in [2.24, 2.45) is 11.8 Å². The van der Waals surface area contributed by atoms with Crippen molar-refractivity contribution in [1.82, 2.24) is 0 Å². The van der Waals surface area contributed by atoms with E-state index in [4.69, 9.17) is 42.6 Å². The Kier molecular flexibility index (Phi) is 14.9. The molecule has 0 aliphatic carbocycles. The maximum Gasteiger partial charge on any atom is 0.335 e. The summed E-state index contributed by atoms with van der Waals surface area (Å²) in [5.41, 5.74) is 0. The van der Waals surface area contributed by atoms with Gasteiger partial charge in [0.2, 0.25) is 0 Å². The van der Waals surface area contributed by atoms with Crippen molar-refractivity contribution in [2.75, 3.05) is 26.9 Å². The first kappa shape index (κ1) is 42.0. The van der Waals surface area contributed by atoms with Crippen LogP contribution in [0.25, 0.3) is 0 Å². The number of aliphatic hydroxyl groups is 8. The molecule has 0 aromatic heterocycles. The van der Waals surface area contributed by atoms with Crippen LogP contribution in [-0.4, -0.2) is 201 Å². The molecule has 21 heteroatoms. The second kappa shape index (κ2) is 18.1. The first-order valence-electron chi connectivity index (χ1n) is 16.6. The largest absolute Gasteiger partial charge is 0.479 e. The Hall–Kier alpha value is -1.74. The van der Waals surface area contributed by atoms with Crippen LogP contribution in [0.4, 0.5) is 0 Å². The maximum absolute atomic E-state index is 12.3. The number of carbonyl (C=O) groups is 2. The van der Waals surface area contributed by atoms with Crippen LogP contribution in [0.1, 0.15) is 27.2 Å². The topological polar surface area (TPSA) is 320 Å². The van der Waals surface area contributed by atoms with Gasteiger partial charge in [0.05, 0.1) is 25.4 Å². The van der Waals surface area contributed by atoms with Gasteiger partial charge in [-0.15, -0.1) is 0 Å². The van der Waals surface area contributed by atoms with Gasteiger partial charge >= 0.3 is 11.9 Å². The van der Waals surface area contributed by atoms with Gasteiger partial charge in [0.15, 0.2) is 37.4 Å². The van der Waals surface area contributed by atoms with Gasteiger partial charge in [-0.05, 0) is 6.42 Å². The average molecular weight is 747 g/mol. The van der Waals surface area contributed by atoms with Crippen LogP contribution in [0.15, 0.2) is 0 Å². The molecule has 21 nitrogen and oxygen atoms in total. The first-order valence-corrected chi connectivity index (χ1v) is 16.6. The van der Waals surface area contributed by atoms with E-state index in [0.29, 0.717) is 6.42 Å². The maximum atomic E-state index is 12.3. The lowest BCUT2D eigenvalue weighted by Gasteiger charge is -2.49. The standard InChI is InChI=1S/C30H50O21/c1-5-6-44-29-17(37)15(35)21(23(50-29)25(39)40)48-28-10(3)14(34)20(12(8-32)46-28)47-30-18(38)16(36)22(24(51-30)26(41)42)49-27-9(2)13(33)19(43-4)11(7-31)45-27/h9-24,27-38H,5-8H2,1-4H3,(H,39,40)(H,41,42)/t9?,10?,11?,12?,13-,14-,15?,16?,17+,18+,19-,20-,21+,22+,23?,24?,27-,28-,29-,30-/m1/s1. The summed E-state index contributed by atoms with van der Waals surface area (Å²) in [5.74, 6) is -5.23. The first-order chi connectivity index (χ1) is 24.1. The van der Waals surface area contributed by atoms with Crippen molar-refractivity contribution < 1.29 is 103 Å². The van der Waals surface area contributed by atoms with Crippen molar-refractivity contribution in [3.8, 4) is 0 Å². The fourth-order valence-electron chi connectivity index (χ4n) is 6.50. The molecule has 4 fully saturated rings. The second-order valence-corrected chi connectivity index (χ2v) is 13.0. The monoisotopic (exact) mass is 746 g/mol. The van der Waals surface area contributed by atoms with E-state index in [1.165, 1.54) is 21.0 Å². The number of carboxylic acid groups (broad SMARTS) is 2. The Morgan fingerprint density at radius 3 is 1.41 bits per heavy atom. The van der Waals surface area contributed by atoms with E-state index >= 15 is 0 Å². The fraction of sp³-hybridized carbons (Fsp3) is 0.933. The molecule has 4 heterocycles. The molecule has 0 spiro atoms. The summed E-state index contributed by atoms with van der Waals surface area (Å²) in [4.78, 5) is 24.3. The Labute approximate surface area is 292 Å². The van der Waals surface area contributed by atoms with Crippen molar-refractivity contribution >= 4 is 11.9 Å². The van der Waals surface area contributed by atoms with E-state index in [1.54, 1.807) is 6.92 Å². The zero-order valence-corrected chi connectivity index (χ0v) is 28.3. The van der Waals surface area contributed by atoms with Crippen LogP contribution in [0.3, 0.4) is 0 Å². The summed E-state index contributed by atoms with van der Waals surface area (Å²) in [6.07, 6.45) is -28.9. The lowest BCUT2D eigenvalue weighted by molar-refractivity contribution is -0.377. The summed E-state index contributed by atoms with van der Waals surface area (Å²) < 4.78 is 49.9. The van der Waals surface area contributed by atoms with E-state index in [-0.39, 0.29) is 6.61 Å². The third-order valence-corrected chi connectivity index (χ3v) is 9.53. The molecule has 10 N–H and O–H groups in total. The fourth-order valence-corrected chi connectivity index (χ4v) is 6.50. The van der Waals surface area contributed by atoms with Crippen molar-refractivity contribution in [2.45, 2.75) is 138 Å². The molecule has 0 bridgehead atoms. The van der Waals surface area contributed by atoms with E-state index in [2.05, 4.69) is 0 Å². The minimum atomic E-state index is -2.03. The molecule has 0 amide bonds. The van der Waals surface area contributed by atoms with Crippen molar-refractivity contribution in [3.05, 3.63) is 0 Å². The highest BCUT2D eigenvalue weighted by atomic mass is 16.8.